The molecular weight excluding hydrogens is 847 g/mol. The van der Waals surface area contributed by atoms with Crippen molar-refractivity contribution in [2.75, 3.05) is 18.5 Å². The van der Waals surface area contributed by atoms with E-state index in [0.717, 1.165) is 17.0 Å². The number of carbonyl (C=O) groups is 4. The predicted molar refractivity (Wildman–Crippen MR) is 231 cm³/mol. The number of carbonyl (C=O) groups excluding carboxylic acids is 4. The lowest BCUT2D eigenvalue weighted by atomic mass is 9.87. The van der Waals surface area contributed by atoms with Crippen LogP contribution in [-0.2, 0) is 14.3 Å². The third-order valence-electron chi connectivity index (χ3n) is 10.4. The van der Waals surface area contributed by atoms with Crippen LogP contribution in [0.15, 0.2) is 158 Å². The minimum Gasteiger partial charge on any atom is -0.457 e. The number of hydrogen-bond donors (Lipinski definition) is 1. The minimum atomic E-state index is -1.22. The van der Waals surface area contributed by atoms with Gasteiger partial charge in [0.1, 0.15) is 36.6 Å². The van der Waals surface area contributed by atoms with Gasteiger partial charge in [-0.3, -0.25) is 25.0 Å². The lowest BCUT2D eigenvalue weighted by Crippen LogP contribution is -2.42. The lowest BCUT2D eigenvalue weighted by molar-refractivity contribution is -0.385. The van der Waals surface area contributed by atoms with Gasteiger partial charge in [-0.1, -0.05) is 72.8 Å². The first-order valence-corrected chi connectivity index (χ1v) is 19.8. The van der Waals surface area contributed by atoms with E-state index in [1.54, 1.807) is 48.5 Å². The van der Waals surface area contributed by atoms with Gasteiger partial charge in [-0.25, -0.2) is 28.1 Å². The van der Waals surface area contributed by atoms with Crippen LogP contribution in [0.4, 0.5) is 30.6 Å². The van der Waals surface area contributed by atoms with Crippen LogP contribution in [0.25, 0.3) is 5.57 Å². The second-order valence-corrected chi connectivity index (χ2v) is 14.6. The van der Waals surface area contributed by atoms with Gasteiger partial charge in [0.25, 0.3) is 11.4 Å². The molecule has 0 spiro atoms. The summed E-state index contributed by atoms with van der Waals surface area (Å²) in [5.41, 5.74) is 1.26. The van der Waals surface area contributed by atoms with Crippen LogP contribution < -0.4 is 10.1 Å². The maximum absolute atomic E-state index is 15.2. The molecule has 6 aromatic rings. The number of nitrogens with one attached hydrogen (secondary N) is 1. The number of ether oxygens (including phenoxy) is 3. The van der Waals surface area contributed by atoms with Crippen molar-refractivity contribution in [3.05, 3.63) is 217 Å². The Morgan fingerprint density at radius 2 is 1.32 bits per heavy atom. The summed E-state index contributed by atoms with van der Waals surface area (Å²) in [7, 11) is 0. The molecule has 17 heteroatoms. The molecule has 15 nitrogen and oxygen atoms in total. The van der Waals surface area contributed by atoms with Gasteiger partial charge >= 0.3 is 18.0 Å². The molecular formula is C48H36F2N4O11. The number of non-ortho nitro benzene ring substituents is 2. The molecule has 0 radical (unpaired) electrons. The zero-order valence-electron chi connectivity index (χ0n) is 34.0. The van der Waals surface area contributed by atoms with E-state index in [1.165, 1.54) is 97.1 Å². The van der Waals surface area contributed by atoms with Crippen LogP contribution in [0, 0.1) is 37.8 Å². The van der Waals surface area contributed by atoms with Crippen LogP contribution in [0.1, 0.15) is 55.9 Å². The summed E-state index contributed by atoms with van der Waals surface area (Å²) in [6, 6.07) is 33.4. The quantitative estimate of drug-likeness (QED) is 0.0419. The topological polar surface area (TPSA) is 198 Å². The van der Waals surface area contributed by atoms with Gasteiger partial charge in [0.15, 0.2) is 0 Å². The monoisotopic (exact) mass is 882 g/mol. The van der Waals surface area contributed by atoms with E-state index in [4.69, 9.17) is 14.2 Å². The van der Waals surface area contributed by atoms with E-state index in [9.17, 15) is 43.4 Å². The fraction of sp³-hybridized carbons (Fsp3) is 0.125. The van der Waals surface area contributed by atoms with Crippen LogP contribution >= 0.6 is 0 Å². The van der Waals surface area contributed by atoms with E-state index < -0.39 is 70.0 Å². The number of halogens is 2. The molecule has 3 atom stereocenters. The molecule has 2 unspecified atom stereocenters. The molecule has 0 aromatic heterocycles. The Morgan fingerprint density at radius 1 is 0.738 bits per heavy atom. The average molecular weight is 883 g/mol. The van der Waals surface area contributed by atoms with Gasteiger partial charge in [0, 0.05) is 30.0 Å². The number of amides is 2. The third kappa shape index (κ3) is 10.9. The summed E-state index contributed by atoms with van der Waals surface area (Å²) in [5, 5.41) is 26.0. The minimum absolute atomic E-state index is 0.0463. The maximum atomic E-state index is 15.2. The standard InChI is InChI=1S/C48H36F2N4O11/c49-36-17-12-30(13-18-36)35(28-63-46(56)33-8-4-10-39(26-33)53(59)60)16-25-42(45(55)52-43(29-64-48(52)58)31-6-2-1-3-7-31)44(51-38-21-19-37(50)20-22-38)32-14-23-41(24-15-32)65-47(57)34-9-5-11-40(27-34)54(61)62/h1-24,26-27,42-44,51H,25,28-29H2/b35-16+/t42?,43-,44?/m1/s1. The first-order valence-electron chi connectivity index (χ1n) is 19.8. The van der Waals surface area contributed by atoms with Crippen molar-refractivity contribution in [1.29, 1.82) is 0 Å². The van der Waals surface area contributed by atoms with E-state index in [-0.39, 0.29) is 41.3 Å². The first kappa shape index (κ1) is 44.5. The molecule has 328 valence electrons. The number of nitro groups is 2. The molecule has 1 heterocycles. The molecule has 1 aliphatic heterocycles. The number of nitrogens with zero attached hydrogens (tertiary/aromatic N) is 3. The second kappa shape index (κ2) is 20.1. The van der Waals surface area contributed by atoms with Crippen molar-refractivity contribution in [3.63, 3.8) is 0 Å². The van der Waals surface area contributed by atoms with Crippen LogP contribution in [-0.4, -0.2) is 51.9 Å². The van der Waals surface area contributed by atoms with Gasteiger partial charge in [0.2, 0.25) is 5.91 Å². The second-order valence-electron chi connectivity index (χ2n) is 14.6. The fourth-order valence-corrected chi connectivity index (χ4v) is 7.11. The number of allylic oxidation sites excluding steroid dienone is 1. The van der Waals surface area contributed by atoms with E-state index in [2.05, 4.69) is 5.32 Å². The number of esters is 2. The van der Waals surface area contributed by atoms with E-state index in [1.807, 2.05) is 0 Å². The zero-order valence-corrected chi connectivity index (χ0v) is 34.0. The van der Waals surface area contributed by atoms with Crippen molar-refractivity contribution in [2.45, 2.75) is 18.5 Å². The third-order valence-corrected chi connectivity index (χ3v) is 10.4. The molecule has 6 aromatic carbocycles. The largest absolute Gasteiger partial charge is 0.457 e. The number of rotatable bonds is 16. The van der Waals surface area contributed by atoms with Crippen LogP contribution in [0.3, 0.4) is 0 Å². The highest BCUT2D eigenvalue weighted by Gasteiger charge is 2.44. The molecule has 2 amide bonds. The molecule has 7 rings (SSSR count). The first-order chi connectivity index (χ1) is 31.3. The Kier molecular flexibility index (Phi) is 13.7. The fourth-order valence-electron chi connectivity index (χ4n) is 7.11. The number of hydrogen-bond acceptors (Lipinski definition) is 12. The summed E-state index contributed by atoms with van der Waals surface area (Å²) in [4.78, 5) is 77.4. The Balaban J connectivity index is 1.29. The SMILES string of the molecule is O=C(OC/C(=C\CC(C(=O)N1C(=O)OC[C@@H]1c1ccccc1)C(Nc1ccc(F)cc1)c1ccc(OC(=O)c2cccc([N+](=O)[O-])c2)cc1)c1ccc(F)cc1)c1cccc([N+](=O)[O-])c1. The van der Waals surface area contributed by atoms with Crippen molar-refractivity contribution >= 4 is 46.6 Å². The average Bonchev–Trinajstić information content (AvgIpc) is 3.71. The van der Waals surface area contributed by atoms with E-state index in [0.29, 0.717) is 28.0 Å². The molecule has 0 aliphatic carbocycles. The molecule has 0 saturated carbocycles. The van der Waals surface area contributed by atoms with Gasteiger partial charge in [-0.2, -0.15) is 0 Å². The highest BCUT2D eigenvalue weighted by Crippen LogP contribution is 2.37. The molecule has 1 aliphatic rings. The number of anilines is 1. The van der Waals surface area contributed by atoms with Crippen molar-refractivity contribution in [2.24, 2.45) is 5.92 Å². The van der Waals surface area contributed by atoms with Gasteiger partial charge in [0.05, 0.1) is 32.9 Å². The lowest BCUT2D eigenvalue weighted by Gasteiger charge is -2.32. The maximum Gasteiger partial charge on any atom is 0.417 e. The molecule has 0 bridgehead atoms. The zero-order chi connectivity index (χ0) is 46.0. The van der Waals surface area contributed by atoms with Crippen LogP contribution in [0.2, 0.25) is 0 Å². The highest BCUT2D eigenvalue weighted by atomic mass is 19.1. The summed E-state index contributed by atoms with van der Waals surface area (Å²) >= 11 is 0. The Labute approximate surface area is 368 Å². The Morgan fingerprint density at radius 3 is 1.92 bits per heavy atom. The Hall–Kier alpha value is -8.60. The number of cyclic esters (lactones) is 1. The number of imide groups is 1. The normalized spacial score (nSPS) is 14.4. The molecule has 65 heavy (non-hydrogen) atoms. The summed E-state index contributed by atoms with van der Waals surface area (Å²) in [5.74, 6) is -4.75. The van der Waals surface area contributed by atoms with Gasteiger partial charge in [-0.15, -0.1) is 0 Å². The van der Waals surface area contributed by atoms with Crippen molar-refractivity contribution in [3.8, 4) is 5.75 Å². The van der Waals surface area contributed by atoms with Crippen molar-refractivity contribution < 1.29 is 52.0 Å². The Bertz CT molecular complexity index is 2770. The van der Waals surface area contributed by atoms with Crippen molar-refractivity contribution in [1.82, 2.24) is 4.90 Å². The van der Waals surface area contributed by atoms with Crippen LogP contribution in [0.5, 0.6) is 5.75 Å². The van der Waals surface area contributed by atoms with Gasteiger partial charge < -0.3 is 19.5 Å². The summed E-state index contributed by atoms with van der Waals surface area (Å²) in [6.45, 7) is -0.584. The number of benzene rings is 6. The van der Waals surface area contributed by atoms with Gasteiger partial charge in [-0.05, 0) is 89.3 Å². The highest BCUT2D eigenvalue weighted by molar-refractivity contribution is 5.96. The predicted octanol–water partition coefficient (Wildman–Crippen LogP) is 9.82. The van der Waals surface area contributed by atoms with E-state index >= 15 is 4.79 Å². The molecule has 1 fully saturated rings. The summed E-state index contributed by atoms with van der Waals surface area (Å²) in [6.07, 6.45) is 0.490. The summed E-state index contributed by atoms with van der Waals surface area (Å²) < 4.78 is 45.0. The number of nitro benzene ring substituents is 2. The molecule has 1 N–H and O–H groups in total. The molecule has 1 saturated heterocycles. The smallest absolute Gasteiger partial charge is 0.417 e.